The lowest BCUT2D eigenvalue weighted by atomic mass is 10.1. The molecule has 15 heavy (non-hydrogen) atoms. The van der Waals surface area contributed by atoms with Crippen molar-refractivity contribution in [2.75, 3.05) is 13.1 Å². The molecule has 0 saturated heterocycles. The quantitative estimate of drug-likeness (QED) is 0.565. The van der Waals surface area contributed by atoms with Crippen molar-refractivity contribution in [1.82, 2.24) is 5.32 Å². The van der Waals surface area contributed by atoms with Gasteiger partial charge < -0.3 is 11.1 Å². The molecule has 0 radical (unpaired) electrons. The van der Waals surface area contributed by atoms with E-state index in [-0.39, 0.29) is 11.9 Å². The predicted molar refractivity (Wildman–Crippen MR) is 59.6 cm³/mol. The number of halogens is 1. The summed E-state index contributed by atoms with van der Waals surface area (Å²) in [6, 6.07) is 6.37. The van der Waals surface area contributed by atoms with Crippen LogP contribution in [0.2, 0.25) is 0 Å². The lowest BCUT2D eigenvalue weighted by Gasteiger charge is -2.16. The summed E-state index contributed by atoms with van der Waals surface area (Å²) in [7, 11) is 0. The van der Waals surface area contributed by atoms with Crippen LogP contribution in [-0.4, -0.2) is 13.1 Å². The summed E-state index contributed by atoms with van der Waals surface area (Å²) in [4.78, 5) is 0. The van der Waals surface area contributed by atoms with Crippen molar-refractivity contribution < 1.29 is 4.39 Å². The Morgan fingerprint density at radius 3 is 2.60 bits per heavy atom. The molecule has 2 nitrogen and oxygen atoms in total. The normalized spacial score (nSPS) is 12.1. The van der Waals surface area contributed by atoms with E-state index in [4.69, 9.17) is 12.2 Å². The molecule has 1 aromatic rings. The summed E-state index contributed by atoms with van der Waals surface area (Å²) in [5.74, 6) is 2.31. The maximum absolute atomic E-state index is 12.7. The van der Waals surface area contributed by atoms with E-state index in [0.717, 1.165) is 12.1 Å². The molecule has 0 fully saturated rings. The van der Waals surface area contributed by atoms with E-state index >= 15 is 0 Å². The zero-order chi connectivity index (χ0) is 11.1. The highest BCUT2D eigenvalue weighted by atomic mass is 19.1. The van der Waals surface area contributed by atoms with E-state index in [1.165, 1.54) is 12.1 Å². The Kier molecular flexibility index (Phi) is 4.82. The molecule has 1 atom stereocenters. The molecule has 3 heteroatoms. The fraction of sp³-hybridized carbons (Fsp3) is 0.333. The number of rotatable bonds is 5. The number of hydrogen-bond acceptors (Lipinski definition) is 2. The van der Waals surface area contributed by atoms with E-state index in [2.05, 4.69) is 11.2 Å². The van der Waals surface area contributed by atoms with Gasteiger partial charge in [0.05, 0.1) is 0 Å². The second-order valence-electron chi connectivity index (χ2n) is 3.25. The van der Waals surface area contributed by atoms with Gasteiger partial charge in [-0.05, 0) is 17.7 Å². The van der Waals surface area contributed by atoms with Crippen LogP contribution in [-0.2, 0) is 0 Å². The van der Waals surface area contributed by atoms with Crippen molar-refractivity contribution in [2.24, 2.45) is 5.73 Å². The van der Waals surface area contributed by atoms with Crippen LogP contribution >= 0.6 is 0 Å². The number of nitrogens with one attached hydrogen (secondary N) is 1. The van der Waals surface area contributed by atoms with Crippen LogP contribution in [0, 0.1) is 18.2 Å². The molecule has 0 heterocycles. The third kappa shape index (κ3) is 3.70. The number of benzene rings is 1. The summed E-state index contributed by atoms with van der Waals surface area (Å²) >= 11 is 0. The van der Waals surface area contributed by atoms with E-state index in [9.17, 15) is 4.39 Å². The van der Waals surface area contributed by atoms with E-state index in [1.807, 2.05) is 0 Å². The van der Waals surface area contributed by atoms with Gasteiger partial charge in [-0.25, -0.2) is 4.39 Å². The van der Waals surface area contributed by atoms with Crippen LogP contribution in [0.25, 0.3) is 0 Å². The van der Waals surface area contributed by atoms with Crippen molar-refractivity contribution in [3.8, 4) is 12.3 Å². The molecule has 0 aliphatic rings. The van der Waals surface area contributed by atoms with Gasteiger partial charge >= 0.3 is 0 Å². The monoisotopic (exact) mass is 206 g/mol. The fourth-order valence-electron chi connectivity index (χ4n) is 1.35. The molecule has 0 bridgehead atoms. The van der Waals surface area contributed by atoms with Gasteiger partial charge in [0, 0.05) is 25.6 Å². The molecule has 1 aromatic carbocycles. The molecule has 1 rings (SSSR count). The minimum Gasteiger partial charge on any atom is -0.329 e. The van der Waals surface area contributed by atoms with E-state index in [1.54, 1.807) is 12.1 Å². The number of hydrogen-bond donors (Lipinski definition) is 2. The van der Waals surface area contributed by atoms with Crippen molar-refractivity contribution in [2.45, 2.75) is 12.5 Å². The molecule has 3 N–H and O–H groups in total. The first-order chi connectivity index (χ1) is 7.27. The van der Waals surface area contributed by atoms with Crippen LogP contribution in [0.5, 0.6) is 0 Å². The highest BCUT2D eigenvalue weighted by molar-refractivity contribution is 5.20. The van der Waals surface area contributed by atoms with Crippen molar-refractivity contribution in [3.05, 3.63) is 35.6 Å². The number of nitrogens with two attached hydrogens (primary N) is 1. The van der Waals surface area contributed by atoms with Crippen molar-refractivity contribution in [3.63, 3.8) is 0 Å². The summed E-state index contributed by atoms with van der Waals surface area (Å²) in [5, 5.41) is 3.22. The lowest BCUT2D eigenvalue weighted by Crippen LogP contribution is -2.28. The molecular weight excluding hydrogens is 191 g/mol. The Morgan fingerprint density at radius 2 is 2.07 bits per heavy atom. The average Bonchev–Trinajstić information content (AvgIpc) is 2.26. The van der Waals surface area contributed by atoms with Crippen LogP contribution in [0.1, 0.15) is 18.0 Å². The van der Waals surface area contributed by atoms with Crippen LogP contribution < -0.4 is 11.1 Å². The second kappa shape index (κ2) is 6.18. The summed E-state index contributed by atoms with van der Waals surface area (Å²) < 4.78 is 12.7. The summed E-state index contributed by atoms with van der Waals surface area (Å²) in [5.41, 5.74) is 6.60. The molecule has 0 aliphatic heterocycles. The van der Waals surface area contributed by atoms with E-state index < -0.39 is 0 Å². The third-order valence-corrected chi connectivity index (χ3v) is 2.17. The van der Waals surface area contributed by atoms with Gasteiger partial charge in [0.15, 0.2) is 0 Å². The zero-order valence-electron chi connectivity index (χ0n) is 8.54. The smallest absolute Gasteiger partial charge is 0.123 e. The van der Waals surface area contributed by atoms with Crippen LogP contribution in [0.15, 0.2) is 24.3 Å². The Bertz CT molecular complexity index is 326. The molecule has 0 aromatic heterocycles. The average molecular weight is 206 g/mol. The van der Waals surface area contributed by atoms with Gasteiger partial charge in [0.25, 0.3) is 0 Å². The van der Waals surface area contributed by atoms with Gasteiger partial charge in [-0.3, -0.25) is 0 Å². The molecular formula is C12H15FN2. The molecule has 80 valence electrons. The molecule has 0 saturated carbocycles. The molecule has 0 aliphatic carbocycles. The first kappa shape index (κ1) is 11.7. The summed E-state index contributed by atoms with van der Waals surface area (Å²) in [6.45, 7) is 1.19. The topological polar surface area (TPSA) is 38.0 Å². The van der Waals surface area contributed by atoms with Crippen LogP contribution in [0.3, 0.4) is 0 Å². The molecule has 0 spiro atoms. The van der Waals surface area contributed by atoms with Gasteiger partial charge in [-0.15, -0.1) is 12.3 Å². The Hall–Kier alpha value is -1.37. The highest BCUT2D eigenvalue weighted by Gasteiger charge is 2.07. The predicted octanol–water partition coefficient (Wildman–Crippen LogP) is 1.44. The minimum absolute atomic E-state index is 0.0407. The maximum atomic E-state index is 12.7. The highest BCUT2D eigenvalue weighted by Crippen LogP contribution is 2.12. The van der Waals surface area contributed by atoms with Gasteiger partial charge in [0.1, 0.15) is 5.82 Å². The fourth-order valence-corrected chi connectivity index (χ4v) is 1.35. The minimum atomic E-state index is -0.238. The lowest BCUT2D eigenvalue weighted by molar-refractivity contribution is 0.548. The van der Waals surface area contributed by atoms with Crippen molar-refractivity contribution in [1.29, 1.82) is 0 Å². The number of terminal acetylenes is 1. The maximum Gasteiger partial charge on any atom is 0.123 e. The van der Waals surface area contributed by atoms with Gasteiger partial charge in [-0.1, -0.05) is 12.1 Å². The Balaban J connectivity index is 2.58. The Labute approximate surface area is 89.7 Å². The first-order valence-corrected chi connectivity index (χ1v) is 4.90. The first-order valence-electron chi connectivity index (χ1n) is 4.90. The standard InChI is InChI=1S/C12H15FN2/c1-2-3-8-15-12(9-14)10-4-6-11(13)7-5-10/h1,4-7,12,15H,3,8-9,14H2. The second-order valence-corrected chi connectivity index (χ2v) is 3.25. The van der Waals surface area contributed by atoms with Crippen molar-refractivity contribution >= 4 is 0 Å². The van der Waals surface area contributed by atoms with Gasteiger partial charge in [-0.2, -0.15) is 0 Å². The zero-order valence-corrected chi connectivity index (χ0v) is 8.54. The van der Waals surface area contributed by atoms with E-state index in [0.29, 0.717) is 13.0 Å². The largest absolute Gasteiger partial charge is 0.329 e. The van der Waals surface area contributed by atoms with Crippen LogP contribution in [0.4, 0.5) is 4.39 Å². The SMILES string of the molecule is C#CCCNC(CN)c1ccc(F)cc1. The molecule has 1 unspecified atom stereocenters. The Morgan fingerprint density at radius 1 is 1.40 bits per heavy atom. The summed E-state index contributed by atoms with van der Waals surface area (Å²) in [6.07, 6.45) is 5.81. The third-order valence-electron chi connectivity index (χ3n) is 2.17. The molecule has 0 amide bonds. The van der Waals surface area contributed by atoms with Gasteiger partial charge in [0.2, 0.25) is 0 Å².